The third kappa shape index (κ3) is 3.17. The van der Waals surface area contributed by atoms with Crippen LogP contribution in [0.15, 0.2) is 22.9 Å². The lowest BCUT2D eigenvalue weighted by molar-refractivity contribution is -0.159. The minimum atomic E-state index is -4.67. The quantitative estimate of drug-likeness (QED) is 0.850. The Bertz CT molecular complexity index is 730. The van der Waals surface area contributed by atoms with Crippen molar-refractivity contribution >= 4 is 5.91 Å². The Labute approximate surface area is 134 Å². The van der Waals surface area contributed by atoms with E-state index in [0.29, 0.717) is 24.4 Å². The summed E-state index contributed by atoms with van der Waals surface area (Å²) in [6, 6.07) is 3.15. The molecule has 1 saturated heterocycles. The molecule has 0 aliphatic carbocycles. The van der Waals surface area contributed by atoms with Crippen LogP contribution in [0.1, 0.15) is 34.4 Å². The second kappa shape index (κ2) is 6.10. The Morgan fingerprint density at radius 3 is 2.79 bits per heavy atom. The molecule has 2 aromatic rings. The van der Waals surface area contributed by atoms with Gasteiger partial charge in [0.2, 0.25) is 5.88 Å². The van der Waals surface area contributed by atoms with Crippen molar-refractivity contribution in [2.45, 2.75) is 18.5 Å². The van der Waals surface area contributed by atoms with E-state index in [0.717, 1.165) is 0 Å². The van der Waals surface area contributed by atoms with Gasteiger partial charge in [-0.2, -0.15) is 18.2 Å². The van der Waals surface area contributed by atoms with E-state index in [9.17, 15) is 18.0 Å². The van der Waals surface area contributed by atoms with E-state index >= 15 is 0 Å². The maximum atomic E-state index is 12.5. The molecule has 0 N–H and O–H groups in total. The van der Waals surface area contributed by atoms with Gasteiger partial charge in [-0.1, -0.05) is 5.16 Å². The maximum Gasteiger partial charge on any atom is 0.471 e. The first-order valence-corrected chi connectivity index (χ1v) is 7.08. The lowest BCUT2D eigenvalue weighted by atomic mass is 10.1. The summed E-state index contributed by atoms with van der Waals surface area (Å²) in [7, 11) is 1.47. The third-order valence-electron chi connectivity index (χ3n) is 3.72. The van der Waals surface area contributed by atoms with Crippen molar-refractivity contribution in [2.24, 2.45) is 0 Å². The number of rotatable bonds is 3. The van der Waals surface area contributed by atoms with Gasteiger partial charge in [0.1, 0.15) is 0 Å². The summed E-state index contributed by atoms with van der Waals surface area (Å²) in [5.74, 6) is -1.67. The Hall–Kier alpha value is -2.65. The smallest absolute Gasteiger partial charge is 0.471 e. The molecular weight excluding hydrogens is 329 g/mol. The molecular formula is C14H13F3N4O3. The molecule has 24 heavy (non-hydrogen) atoms. The van der Waals surface area contributed by atoms with Crippen molar-refractivity contribution in [3.63, 3.8) is 0 Å². The molecule has 0 spiro atoms. The number of carbonyl (C=O) groups is 1. The lowest BCUT2D eigenvalue weighted by Crippen LogP contribution is -2.28. The molecule has 2 aromatic heterocycles. The molecule has 0 bridgehead atoms. The molecule has 0 unspecified atom stereocenters. The van der Waals surface area contributed by atoms with Gasteiger partial charge in [-0.05, 0) is 12.5 Å². The number of likely N-dealkylation sites (tertiary alicyclic amines) is 1. The van der Waals surface area contributed by atoms with E-state index in [1.807, 2.05) is 0 Å². The van der Waals surface area contributed by atoms with Crippen LogP contribution < -0.4 is 4.74 Å². The summed E-state index contributed by atoms with van der Waals surface area (Å²) in [6.45, 7) is 0.618. The van der Waals surface area contributed by atoms with Gasteiger partial charge < -0.3 is 14.2 Å². The van der Waals surface area contributed by atoms with E-state index in [1.54, 1.807) is 12.1 Å². The van der Waals surface area contributed by atoms with E-state index in [2.05, 4.69) is 19.6 Å². The minimum absolute atomic E-state index is 0.0366. The van der Waals surface area contributed by atoms with Crippen LogP contribution in [0.4, 0.5) is 13.2 Å². The van der Waals surface area contributed by atoms with Crippen molar-refractivity contribution in [1.29, 1.82) is 0 Å². The average molecular weight is 342 g/mol. The standard InChI is InChI=1S/C14H13F3N4O3/c1-23-10-3-2-8(6-18-10)12(22)21-5-4-9(7-21)11-19-13(24-20-11)14(15,16)17/h2-3,6,9H,4-5,7H2,1H3/t9-/m0/s1. The Balaban J connectivity index is 1.68. The van der Waals surface area contributed by atoms with Crippen LogP contribution in [0, 0.1) is 0 Å². The number of ether oxygens (including phenoxy) is 1. The summed E-state index contributed by atoms with van der Waals surface area (Å²) < 4.78 is 46.7. The summed E-state index contributed by atoms with van der Waals surface area (Å²) in [4.78, 5) is 21.3. The zero-order valence-electron chi connectivity index (χ0n) is 12.6. The van der Waals surface area contributed by atoms with Crippen LogP contribution in [0.5, 0.6) is 5.88 Å². The second-order valence-electron chi connectivity index (χ2n) is 5.28. The van der Waals surface area contributed by atoms with E-state index in [4.69, 9.17) is 4.74 Å². The first-order valence-electron chi connectivity index (χ1n) is 7.08. The number of methoxy groups -OCH3 is 1. The first-order chi connectivity index (χ1) is 11.4. The lowest BCUT2D eigenvalue weighted by Gasteiger charge is -2.15. The summed E-state index contributed by atoms with van der Waals surface area (Å²) in [5.41, 5.74) is 0.376. The van der Waals surface area contributed by atoms with Gasteiger partial charge in [-0.3, -0.25) is 4.79 Å². The number of halogens is 3. The molecule has 0 radical (unpaired) electrons. The van der Waals surface area contributed by atoms with Crippen LogP contribution in [0.2, 0.25) is 0 Å². The predicted molar refractivity (Wildman–Crippen MR) is 73.4 cm³/mol. The van der Waals surface area contributed by atoms with Crippen molar-refractivity contribution < 1.29 is 27.2 Å². The molecule has 1 amide bonds. The fraction of sp³-hybridized carbons (Fsp3) is 0.429. The number of carbonyl (C=O) groups excluding carboxylic acids is 1. The number of alkyl halides is 3. The summed E-state index contributed by atoms with van der Waals surface area (Å²) in [6.07, 6.45) is -2.81. The minimum Gasteiger partial charge on any atom is -0.481 e. The van der Waals surface area contributed by atoms with Gasteiger partial charge in [-0.15, -0.1) is 0 Å². The van der Waals surface area contributed by atoms with Gasteiger partial charge in [0, 0.05) is 31.3 Å². The zero-order chi connectivity index (χ0) is 17.3. The number of aromatic nitrogens is 3. The molecule has 3 rings (SSSR count). The Morgan fingerprint density at radius 2 is 2.21 bits per heavy atom. The fourth-order valence-corrected chi connectivity index (χ4v) is 2.48. The highest BCUT2D eigenvalue weighted by Crippen LogP contribution is 2.31. The molecule has 0 aromatic carbocycles. The topological polar surface area (TPSA) is 81.4 Å². The largest absolute Gasteiger partial charge is 0.481 e. The van der Waals surface area contributed by atoms with Crippen molar-refractivity contribution in [2.75, 3.05) is 20.2 Å². The molecule has 10 heteroatoms. The summed E-state index contributed by atoms with van der Waals surface area (Å²) in [5, 5.41) is 3.38. The van der Waals surface area contributed by atoms with Gasteiger partial charge in [0.05, 0.1) is 12.7 Å². The molecule has 1 fully saturated rings. The van der Waals surface area contributed by atoms with Gasteiger partial charge in [-0.25, -0.2) is 4.98 Å². The van der Waals surface area contributed by atoms with E-state index in [-0.39, 0.29) is 24.2 Å². The number of hydrogen-bond donors (Lipinski definition) is 0. The van der Waals surface area contributed by atoms with Crippen LogP contribution in [-0.2, 0) is 6.18 Å². The van der Waals surface area contributed by atoms with Crippen molar-refractivity contribution in [3.05, 3.63) is 35.6 Å². The summed E-state index contributed by atoms with van der Waals surface area (Å²) >= 11 is 0. The van der Waals surface area contributed by atoms with E-state index in [1.165, 1.54) is 18.2 Å². The van der Waals surface area contributed by atoms with Crippen LogP contribution in [0.3, 0.4) is 0 Å². The molecule has 1 atom stereocenters. The molecule has 7 nitrogen and oxygen atoms in total. The molecule has 128 valence electrons. The Kier molecular flexibility index (Phi) is 4.12. The number of amides is 1. The van der Waals surface area contributed by atoms with Gasteiger partial charge >= 0.3 is 12.1 Å². The average Bonchev–Trinajstić information content (AvgIpc) is 3.22. The molecule has 1 aliphatic rings. The molecule has 3 heterocycles. The van der Waals surface area contributed by atoms with Crippen LogP contribution in [0.25, 0.3) is 0 Å². The monoisotopic (exact) mass is 342 g/mol. The Morgan fingerprint density at radius 1 is 1.42 bits per heavy atom. The van der Waals surface area contributed by atoms with Crippen LogP contribution in [-0.4, -0.2) is 46.1 Å². The normalized spacial score (nSPS) is 18.0. The molecule has 1 aliphatic heterocycles. The highest BCUT2D eigenvalue weighted by Gasteiger charge is 2.40. The number of pyridine rings is 1. The van der Waals surface area contributed by atoms with Gasteiger partial charge in [0.25, 0.3) is 5.91 Å². The highest BCUT2D eigenvalue weighted by molar-refractivity contribution is 5.94. The SMILES string of the molecule is COc1ccc(C(=O)N2CC[C@H](c3noc(C(F)(F)F)n3)C2)cn1. The van der Waals surface area contributed by atoms with Crippen LogP contribution >= 0.6 is 0 Å². The first kappa shape index (κ1) is 16.2. The zero-order valence-corrected chi connectivity index (χ0v) is 12.6. The third-order valence-corrected chi connectivity index (χ3v) is 3.72. The second-order valence-corrected chi connectivity index (χ2v) is 5.28. The molecule has 0 saturated carbocycles. The highest BCUT2D eigenvalue weighted by atomic mass is 19.4. The predicted octanol–water partition coefficient (Wildman–Crippen LogP) is 2.12. The number of nitrogens with zero attached hydrogens (tertiary/aromatic N) is 4. The fourth-order valence-electron chi connectivity index (χ4n) is 2.48. The number of hydrogen-bond acceptors (Lipinski definition) is 6. The van der Waals surface area contributed by atoms with Crippen molar-refractivity contribution in [3.8, 4) is 5.88 Å². The van der Waals surface area contributed by atoms with Crippen molar-refractivity contribution in [1.82, 2.24) is 20.0 Å². The maximum absolute atomic E-state index is 12.5. The van der Waals surface area contributed by atoms with E-state index < -0.39 is 12.1 Å². The van der Waals surface area contributed by atoms with Gasteiger partial charge in [0.15, 0.2) is 5.82 Å².